The highest BCUT2D eigenvalue weighted by atomic mass is 31.2. The molecule has 0 bridgehead atoms. The molecule has 0 aromatic rings. The molecular weight excluding hydrogens is 1100 g/mol. The number of aliphatic hydroxyl groups excluding tert-OH is 1. The standard InChI is InChI=1S/C64H120O17P2/c1-5-9-13-17-21-24-26-28-29-31-33-35-39-43-47-51-64(69)81-60(55-75-62(67)49-45-41-38-34-32-30-27-25-22-18-14-10-6-2)57-79-83(72,73)77-53-58(65)52-76-82(70,71)78-56-59(54-74-61(66)48-44-40-36-20-16-12-8-4)80-63(68)50-46-42-37-23-19-15-11-7-3/h24,26,28-29,58-60,65H,5-23,25,27,30-57H2,1-4H3,(H,70,71)(H,72,73)/b26-24-,29-28-/t58-,59+,60+/m0/s1. The van der Waals surface area contributed by atoms with Crippen LogP contribution in [0.15, 0.2) is 24.3 Å². The first-order chi connectivity index (χ1) is 40.2. The van der Waals surface area contributed by atoms with Crippen molar-refractivity contribution in [2.24, 2.45) is 0 Å². The molecule has 19 heteroatoms. The maximum absolute atomic E-state index is 13.0. The molecule has 0 saturated carbocycles. The molecule has 0 fully saturated rings. The summed E-state index contributed by atoms with van der Waals surface area (Å²) in [5.74, 6) is -2.17. The molecule has 0 spiro atoms. The molecule has 0 saturated heterocycles. The quantitative estimate of drug-likeness (QED) is 0.0169. The summed E-state index contributed by atoms with van der Waals surface area (Å²) in [6.45, 7) is 4.76. The minimum absolute atomic E-state index is 0.0856. The maximum atomic E-state index is 13.0. The molecule has 0 aromatic heterocycles. The fraction of sp³-hybridized carbons (Fsp3) is 0.875. The molecule has 0 amide bonds. The van der Waals surface area contributed by atoms with Gasteiger partial charge in [0.05, 0.1) is 26.4 Å². The lowest BCUT2D eigenvalue weighted by Gasteiger charge is -2.21. The molecule has 83 heavy (non-hydrogen) atoms. The van der Waals surface area contributed by atoms with E-state index in [9.17, 15) is 43.2 Å². The minimum atomic E-state index is -4.95. The summed E-state index contributed by atoms with van der Waals surface area (Å²) in [6, 6.07) is 0. The maximum Gasteiger partial charge on any atom is 0.472 e. The molecule has 0 aliphatic heterocycles. The van der Waals surface area contributed by atoms with Gasteiger partial charge >= 0.3 is 39.5 Å². The van der Waals surface area contributed by atoms with Crippen LogP contribution < -0.4 is 0 Å². The first kappa shape index (κ1) is 80.5. The van der Waals surface area contributed by atoms with Crippen molar-refractivity contribution in [1.82, 2.24) is 0 Å². The summed E-state index contributed by atoms with van der Waals surface area (Å²) in [4.78, 5) is 72.0. The number of carbonyl (C=O) groups is 4. The van der Waals surface area contributed by atoms with Crippen molar-refractivity contribution in [2.75, 3.05) is 39.6 Å². The Morgan fingerprint density at radius 1 is 0.337 bits per heavy atom. The Morgan fingerprint density at radius 2 is 0.578 bits per heavy atom. The molecule has 17 nitrogen and oxygen atoms in total. The predicted octanol–water partition coefficient (Wildman–Crippen LogP) is 17.5. The SMILES string of the molecule is CCCCCC/C=C\C=C/CCCCCCCC(=O)O[C@H](COC(=O)CCCCCCCCCCCCCCC)COP(=O)(O)OC[C@@H](O)COP(=O)(O)OC[C@@H](COC(=O)CCCCCCCCC)OC(=O)CCCCCCCCCC. The van der Waals surface area contributed by atoms with Crippen LogP contribution in [0, 0.1) is 0 Å². The van der Waals surface area contributed by atoms with Crippen LogP contribution in [0.1, 0.15) is 304 Å². The number of hydrogen-bond acceptors (Lipinski definition) is 15. The Hall–Kier alpha value is -2.46. The zero-order chi connectivity index (χ0) is 61.2. The molecule has 2 unspecified atom stereocenters. The molecule has 0 rings (SSSR count). The minimum Gasteiger partial charge on any atom is -0.462 e. The van der Waals surface area contributed by atoms with Crippen molar-refractivity contribution in [3.63, 3.8) is 0 Å². The average molecular weight is 1220 g/mol. The summed E-state index contributed by atoms with van der Waals surface area (Å²) >= 11 is 0. The van der Waals surface area contributed by atoms with E-state index >= 15 is 0 Å². The number of carbonyl (C=O) groups excluding carboxylic acids is 4. The zero-order valence-corrected chi connectivity index (χ0v) is 54.4. The second kappa shape index (κ2) is 58.6. The number of rotatable bonds is 63. The van der Waals surface area contributed by atoms with Gasteiger partial charge in [0.25, 0.3) is 0 Å². The number of allylic oxidation sites excluding steroid dienone is 4. The number of aliphatic hydroxyl groups is 1. The van der Waals surface area contributed by atoms with Gasteiger partial charge in [0.15, 0.2) is 12.2 Å². The molecule has 0 radical (unpaired) electrons. The van der Waals surface area contributed by atoms with Gasteiger partial charge in [0.1, 0.15) is 19.3 Å². The van der Waals surface area contributed by atoms with Gasteiger partial charge in [-0.2, -0.15) is 0 Å². The first-order valence-electron chi connectivity index (χ1n) is 33.1. The van der Waals surface area contributed by atoms with Crippen LogP contribution in [-0.4, -0.2) is 96.7 Å². The van der Waals surface area contributed by atoms with E-state index in [1.165, 1.54) is 103 Å². The van der Waals surface area contributed by atoms with E-state index in [1.807, 2.05) is 0 Å². The number of ether oxygens (including phenoxy) is 4. The van der Waals surface area contributed by atoms with Crippen LogP contribution in [0.4, 0.5) is 0 Å². The van der Waals surface area contributed by atoms with Crippen LogP contribution in [0.25, 0.3) is 0 Å². The number of phosphoric ester groups is 2. The average Bonchev–Trinajstić information content (AvgIpc) is 3.46. The smallest absolute Gasteiger partial charge is 0.462 e. The number of hydrogen-bond donors (Lipinski definition) is 3. The molecule has 0 aliphatic rings. The van der Waals surface area contributed by atoms with Crippen molar-refractivity contribution in [2.45, 2.75) is 322 Å². The Morgan fingerprint density at radius 3 is 0.880 bits per heavy atom. The lowest BCUT2D eigenvalue weighted by molar-refractivity contribution is -0.161. The lowest BCUT2D eigenvalue weighted by atomic mass is 10.0. The first-order valence-corrected chi connectivity index (χ1v) is 36.1. The Bertz CT molecular complexity index is 1700. The molecular formula is C64H120O17P2. The van der Waals surface area contributed by atoms with Gasteiger partial charge in [0, 0.05) is 25.7 Å². The van der Waals surface area contributed by atoms with E-state index in [2.05, 4.69) is 52.0 Å². The third-order valence-corrected chi connectivity index (χ3v) is 16.1. The van der Waals surface area contributed by atoms with E-state index in [-0.39, 0.29) is 25.7 Å². The molecule has 5 atom stereocenters. The fourth-order valence-corrected chi connectivity index (χ4v) is 10.7. The highest BCUT2D eigenvalue weighted by Crippen LogP contribution is 2.45. The monoisotopic (exact) mass is 1220 g/mol. The van der Waals surface area contributed by atoms with Gasteiger partial charge in [-0.15, -0.1) is 0 Å². The van der Waals surface area contributed by atoms with Gasteiger partial charge in [-0.3, -0.25) is 37.3 Å². The van der Waals surface area contributed by atoms with Crippen molar-refractivity contribution in [3.8, 4) is 0 Å². The second-order valence-corrected chi connectivity index (χ2v) is 25.4. The van der Waals surface area contributed by atoms with Crippen molar-refractivity contribution in [1.29, 1.82) is 0 Å². The molecule has 0 heterocycles. The Labute approximate surface area is 503 Å². The van der Waals surface area contributed by atoms with Crippen molar-refractivity contribution in [3.05, 3.63) is 24.3 Å². The number of phosphoric acid groups is 2. The predicted molar refractivity (Wildman–Crippen MR) is 331 cm³/mol. The normalized spacial score (nSPS) is 14.3. The largest absolute Gasteiger partial charge is 0.472 e. The zero-order valence-electron chi connectivity index (χ0n) is 52.6. The fourth-order valence-electron chi connectivity index (χ4n) is 9.09. The lowest BCUT2D eigenvalue weighted by Crippen LogP contribution is -2.30. The topological polar surface area (TPSA) is 237 Å². The van der Waals surface area contributed by atoms with Crippen LogP contribution in [0.3, 0.4) is 0 Å². The van der Waals surface area contributed by atoms with Crippen molar-refractivity contribution >= 4 is 39.5 Å². The van der Waals surface area contributed by atoms with E-state index in [1.54, 1.807) is 0 Å². The van der Waals surface area contributed by atoms with Crippen LogP contribution in [0.5, 0.6) is 0 Å². The summed E-state index contributed by atoms with van der Waals surface area (Å²) in [6.07, 6.45) is 46.8. The van der Waals surface area contributed by atoms with E-state index < -0.39 is 97.5 Å². The Balaban J connectivity index is 5.23. The second-order valence-electron chi connectivity index (χ2n) is 22.5. The van der Waals surface area contributed by atoms with E-state index in [0.717, 1.165) is 122 Å². The third kappa shape index (κ3) is 58.3. The van der Waals surface area contributed by atoms with Crippen LogP contribution >= 0.6 is 15.6 Å². The van der Waals surface area contributed by atoms with Gasteiger partial charge in [-0.1, -0.05) is 251 Å². The highest BCUT2D eigenvalue weighted by molar-refractivity contribution is 7.47. The highest BCUT2D eigenvalue weighted by Gasteiger charge is 2.30. The van der Waals surface area contributed by atoms with Crippen LogP contribution in [-0.2, 0) is 65.4 Å². The van der Waals surface area contributed by atoms with Crippen molar-refractivity contribution < 1.29 is 80.2 Å². The third-order valence-electron chi connectivity index (χ3n) is 14.2. The van der Waals surface area contributed by atoms with Gasteiger partial charge < -0.3 is 33.8 Å². The Kier molecular flexibility index (Phi) is 56.8. The molecule has 488 valence electrons. The number of esters is 4. The van der Waals surface area contributed by atoms with E-state index in [4.69, 9.17) is 37.0 Å². The summed E-state index contributed by atoms with van der Waals surface area (Å²) in [5, 5.41) is 10.5. The van der Waals surface area contributed by atoms with Gasteiger partial charge in [-0.05, 0) is 51.4 Å². The molecule has 0 aromatic carbocycles. The van der Waals surface area contributed by atoms with E-state index in [0.29, 0.717) is 25.7 Å². The van der Waals surface area contributed by atoms with Crippen LogP contribution in [0.2, 0.25) is 0 Å². The van der Waals surface area contributed by atoms with Gasteiger partial charge in [-0.25, -0.2) is 9.13 Å². The summed E-state index contributed by atoms with van der Waals surface area (Å²) in [5.41, 5.74) is 0. The summed E-state index contributed by atoms with van der Waals surface area (Å²) < 4.78 is 67.8. The number of unbranched alkanes of at least 4 members (excludes halogenated alkanes) is 34. The summed E-state index contributed by atoms with van der Waals surface area (Å²) in [7, 11) is -9.89. The van der Waals surface area contributed by atoms with Gasteiger partial charge in [0.2, 0.25) is 0 Å². The molecule has 0 aliphatic carbocycles. The molecule has 3 N–H and O–H groups in total.